The summed E-state index contributed by atoms with van der Waals surface area (Å²) in [6.07, 6.45) is 2.65. The molecular weight excluding hydrogens is 280 g/mol. The van der Waals surface area contributed by atoms with Crippen LogP contribution in [0, 0.1) is 0 Å². The van der Waals surface area contributed by atoms with Crippen molar-refractivity contribution in [2.24, 2.45) is 0 Å². The van der Waals surface area contributed by atoms with Gasteiger partial charge in [0.25, 0.3) is 5.91 Å². The molecule has 1 saturated heterocycles. The van der Waals surface area contributed by atoms with Crippen LogP contribution in [-0.4, -0.2) is 23.9 Å². The van der Waals surface area contributed by atoms with Crippen LogP contribution >= 0.6 is 11.3 Å². The van der Waals surface area contributed by atoms with E-state index in [0.29, 0.717) is 6.54 Å². The Morgan fingerprint density at radius 1 is 1.10 bits per heavy atom. The second-order valence-electron chi connectivity index (χ2n) is 5.49. The topological polar surface area (TPSA) is 32.3 Å². The van der Waals surface area contributed by atoms with Crippen LogP contribution in [0.25, 0.3) is 0 Å². The molecule has 0 bridgehead atoms. The summed E-state index contributed by atoms with van der Waals surface area (Å²) in [6, 6.07) is 10.4. The summed E-state index contributed by atoms with van der Waals surface area (Å²) in [4.78, 5) is 14.4. The predicted molar refractivity (Wildman–Crippen MR) is 86.4 cm³/mol. The number of benzene rings is 1. The Hall–Kier alpha value is -1.65. The first-order chi connectivity index (χ1) is 10.3. The smallest absolute Gasteiger partial charge is 0.252 e. The molecule has 0 saturated carbocycles. The Morgan fingerprint density at radius 2 is 1.81 bits per heavy atom. The summed E-state index contributed by atoms with van der Waals surface area (Å²) in [7, 11) is 0. The van der Waals surface area contributed by atoms with Crippen molar-refractivity contribution in [2.45, 2.75) is 25.9 Å². The Labute approximate surface area is 129 Å². The van der Waals surface area contributed by atoms with E-state index in [1.807, 2.05) is 16.8 Å². The molecule has 1 fully saturated rings. The van der Waals surface area contributed by atoms with Crippen molar-refractivity contribution in [3.05, 3.63) is 57.8 Å². The van der Waals surface area contributed by atoms with Gasteiger partial charge in [-0.3, -0.25) is 9.69 Å². The van der Waals surface area contributed by atoms with Crippen molar-refractivity contribution < 1.29 is 4.79 Å². The number of carbonyl (C=O) groups is 1. The molecule has 21 heavy (non-hydrogen) atoms. The second-order valence-corrected chi connectivity index (χ2v) is 6.27. The minimum absolute atomic E-state index is 0.00241. The normalized spacial score (nSPS) is 15.2. The number of carbonyl (C=O) groups excluding carboxylic acids is 1. The minimum Gasteiger partial charge on any atom is -0.348 e. The van der Waals surface area contributed by atoms with E-state index < -0.39 is 0 Å². The van der Waals surface area contributed by atoms with Gasteiger partial charge in [0, 0.05) is 24.0 Å². The number of amides is 1. The van der Waals surface area contributed by atoms with Gasteiger partial charge in [-0.05, 0) is 48.5 Å². The molecule has 1 aliphatic rings. The average Bonchev–Trinajstić information content (AvgIpc) is 3.19. The monoisotopic (exact) mass is 300 g/mol. The maximum atomic E-state index is 11.9. The fraction of sp³-hybridized carbons (Fsp3) is 0.353. The first-order valence-corrected chi connectivity index (χ1v) is 8.36. The standard InChI is InChI=1S/C17H20N2OS/c20-17(16-7-10-21-13-16)18-11-14-3-5-15(6-4-14)12-19-8-1-2-9-19/h3-7,10,13H,1-2,8-9,11-12H2,(H,18,20). The van der Waals surface area contributed by atoms with Gasteiger partial charge in [-0.1, -0.05) is 24.3 Å². The first kappa shape index (κ1) is 14.3. The number of likely N-dealkylation sites (tertiary alicyclic amines) is 1. The van der Waals surface area contributed by atoms with Crippen molar-refractivity contribution in [3.63, 3.8) is 0 Å². The van der Waals surface area contributed by atoms with Crippen LogP contribution in [0.4, 0.5) is 0 Å². The van der Waals surface area contributed by atoms with E-state index in [9.17, 15) is 4.79 Å². The molecule has 1 aromatic heterocycles. The lowest BCUT2D eigenvalue weighted by Gasteiger charge is -2.14. The van der Waals surface area contributed by atoms with Gasteiger partial charge >= 0.3 is 0 Å². The van der Waals surface area contributed by atoms with Gasteiger partial charge in [0.15, 0.2) is 0 Å². The van der Waals surface area contributed by atoms with Gasteiger partial charge in [0.05, 0.1) is 0 Å². The van der Waals surface area contributed by atoms with E-state index in [4.69, 9.17) is 0 Å². The molecule has 0 radical (unpaired) electrons. The molecule has 0 atom stereocenters. The molecule has 1 aliphatic heterocycles. The number of thiophene rings is 1. The van der Waals surface area contributed by atoms with Crippen LogP contribution in [-0.2, 0) is 13.1 Å². The third kappa shape index (κ3) is 3.93. The van der Waals surface area contributed by atoms with Gasteiger partial charge in [-0.15, -0.1) is 0 Å². The van der Waals surface area contributed by atoms with E-state index in [0.717, 1.165) is 17.7 Å². The van der Waals surface area contributed by atoms with Gasteiger partial charge in [-0.2, -0.15) is 11.3 Å². The number of nitrogens with zero attached hydrogens (tertiary/aromatic N) is 1. The summed E-state index contributed by atoms with van der Waals surface area (Å²) in [5.74, 6) is -0.00241. The third-order valence-corrected chi connectivity index (χ3v) is 4.55. The zero-order chi connectivity index (χ0) is 14.5. The maximum Gasteiger partial charge on any atom is 0.252 e. The lowest BCUT2D eigenvalue weighted by molar-refractivity contribution is 0.0951. The van der Waals surface area contributed by atoms with Crippen LogP contribution in [0.3, 0.4) is 0 Å². The third-order valence-electron chi connectivity index (χ3n) is 3.86. The summed E-state index contributed by atoms with van der Waals surface area (Å²) >= 11 is 1.54. The molecule has 0 spiro atoms. The minimum atomic E-state index is -0.00241. The Morgan fingerprint density at radius 3 is 2.48 bits per heavy atom. The number of hydrogen-bond acceptors (Lipinski definition) is 3. The van der Waals surface area contributed by atoms with Crippen molar-refractivity contribution in [1.82, 2.24) is 10.2 Å². The molecule has 3 rings (SSSR count). The zero-order valence-electron chi connectivity index (χ0n) is 12.0. The van der Waals surface area contributed by atoms with E-state index in [-0.39, 0.29) is 5.91 Å². The van der Waals surface area contributed by atoms with Crippen LogP contribution in [0.5, 0.6) is 0 Å². The van der Waals surface area contributed by atoms with Crippen molar-refractivity contribution in [1.29, 1.82) is 0 Å². The van der Waals surface area contributed by atoms with Crippen LogP contribution in [0.2, 0.25) is 0 Å². The first-order valence-electron chi connectivity index (χ1n) is 7.42. The highest BCUT2D eigenvalue weighted by Gasteiger charge is 2.11. The molecule has 2 aromatic rings. The quantitative estimate of drug-likeness (QED) is 0.919. The Bertz CT molecular complexity index is 571. The lowest BCUT2D eigenvalue weighted by Crippen LogP contribution is -2.22. The SMILES string of the molecule is O=C(NCc1ccc(CN2CCCC2)cc1)c1ccsc1. The molecule has 110 valence electrons. The molecule has 1 amide bonds. The van der Waals surface area contributed by atoms with Crippen LogP contribution in [0.15, 0.2) is 41.1 Å². The molecule has 4 heteroatoms. The van der Waals surface area contributed by atoms with E-state index in [2.05, 4.69) is 34.5 Å². The average molecular weight is 300 g/mol. The highest BCUT2D eigenvalue weighted by atomic mass is 32.1. The maximum absolute atomic E-state index is 11.9. The summed E-state index contributed by atoms with van der Waals surface area (Å²) in [6.45, 7) is 4.07. The number of hydrogen-bond donors (Lipinski definition) is 1. The lowest BCUT2D eigenvalue weighted by atomic mass is 10.1. The van der Waals surface area contributed by atoms with Crippen LogP contribution < -0.4 is 5.32 Å². The molecule has 2 heterocycles. The molecular formula is C17H20N2OS. The van der Waals surface area contributed by atoms with E-state index >= 15 is 0 Å². The van der Waals surface area contributed by atoms with Crippen LogP contribution in [0.1, 0.15) is 34.3 Å². The number of nitrogens with one attached hydrogen (secondary N) is 1. The van der Waals surface area contributed by atoms with Crippen molar-refractivity contribution >= 4 is 17.2 Å². The second kappa shape index (κ2) is 6.87. The fourth-order valence-corrected chi connectivity index (χ4v) is 3.28. The van der Waals surface area contributed by atoms with Gasteiger partial charge in [-0.25, -0.2) is 0 Å². The zero-order valence-corrected chi connectivity index (χ0v) is 12.9. The molecule has 0 unspecified atom stereocenters. The Balaban J connectivity index is 1.51. The van der Waals surface area contributed by atoms with Gasteiger partial charge < -0.3 is 5.32 Å². The molecule has 0 aliphatic carbocycles. The summed E-state index contributed by atoms with van der Waals surface area (Å²) < 4.78 is 0. The molecule has 1 aromatic carbocycles. The van der Waals surface area contributed by atoms with Crippen molar-refractivity contribution in [2.75, 3.05) is 13.1 Å². The Kier molecular flexibility index (Phi) is 4.68. The molecule has 1 N–H and O–H groups in total. The van der Waals surface area contributed by atoms with Gasteiger partial charge in [0.1, 0.15) is 0 Å². The summed E-state index contributed by atoms with van der Waals surface area (Å²) in [5, 5.41) is 6.74. The van der Waals surface area contributed by atoms with E-state index in [1.54, 1.807) is 11.3 Å². The predicted octanol–water partition coefficient (Wildman–Crippen LogP) is 3.27. The number of rotatable bonds is 5. The van der Waals surface area contributed by atoms with E-state index in [1.165, 1.54) is 31.5 Å². The summed E-state index contributed by atoms with van der Waals surface area (Å²) in [5.41, 5.74) is 3.24. The fourth-order valence-electron chi connectivity index (χ4n) is 2.64. The molecule has 3 nitrogen and oxygen atoms in total. The van der Waals surface area contributed by atoms with Crippen molar-refractivity contribution in [3.8, 4) is 0 Å². The highest BCUT2D eigenvalue weighted by Crippen LogP contribution is 2.13. The highest BCUT2D eigenvalue weighted by molar-refractivity contribution is 7.08. The largest absolute Gasteiger partial charge is 0.348 e. The van der Waals surface area contributed by atoms with Gasteiger partial charge in [0.2, 0.25) is 0 Å².